The molecule has 2 heterocycles. The fourth-order valence-corrected chi connectivity index (χ4v) is 2.92. The van der Waals surface area contributed by atoms with Gasteiger partial charge in [-0.15, -0.1) is 11.3 Å². The Kier molecular flexibility index (Phi) is 3.52. The van der Waals surface area contributed by atoms with Crippen LogP contribution in [0.5, 0.6) is 0 Å². The molecule has 1 aliphatic rings. The summed E-state index contributed by atoms with van der Waals surface area (Å²) in [5, 5.41) is 12.0. The molecule has 5 nitrogen and oxygen atoms in total. The van der Waals surface area contributed by atoms with Gasteiger partial charge >= 0.3 is 5.97 Å². The standard InChI is InChI=1S/C10H14N2O3S/c1-15-6-12-7(9-11-4-5-16-9)2-3-8(12)10(13)14/h4-5,7-8H,2-3,6H2,1H3,(H,13,14). The van der Waals surface area contributed by atoms with Crippen molar-refractivity contribution < 1.29 is 14.6 Å². The van der Waals surface area contributed by atoms with Crippen LogP contribution in [0.25, 0.3) is 0 Å². The predicted octanol–water partition coefficient (Wildman–Crippen LogP) is 1.34. The molecule has 1 aromatic heterocycles. The number of aliphatic carboxylic acids is 1. The van der Waals surface area contributed by atoms with Crippen molar-refractivity contribution in [1.82, 2.24) is 9.88 Å². The van der Waals surface area contributed by atoms with Crippen molar-refractivity contribution in [2.45, 2.75) is 24.9 Å². The molecule has 0 spiro atoms. The van der Waals surface area contributed by atoms with Gasteiger partial charge in [-0.05, 0) is 12.8 Å². The zero-order valence-corrected chi connectivity index (χ0v) is 9.81. The van der Waals surface area contributed by atoms with Gasteiger partial charge in [0.1, 0.15) is 11.0 Å². The average Bonchev–Trinajstić information content (AvgIpc) is 2.84. The largest absolute Gasteiger partial charge is 0.480 e. The first-order valence-corrected chi connectivity index (χ1v) is 5.99. The summed E-state index contributed by atoms with van der Waals surface area (Å²) in [5.41, 5.74) is 0. The number of aromatic nitrogens is 1. The molecular formula is C10H14N2O3S. The van der Waals surface area contributed by atoms with E-state index >= 15 is 0 Å². The highest BCUT2D eigenvalue weighted by Gasteiger charge is 2.39. The lowest BCUT2D eigenvalue weighted by atomic mass is 10.2. The van der Waals surface area contributed by atoms with E-state index in [1.54, 1.807) is 24.6 Å². The lowest BCUT2D eigenvalue weighted by Gasteiger charge is -2.25. The highest BCUT2D eigenvalue weighted by molar-refractivity contribution is 7.09. The van der Waals surface area contributed by atoms with Crippen molar-refractivity contribution in [2.24, 2.45) is 0 Å². The zero-order chi connectivity index (χ0) is 11.5. The smallest absolute Gasteiger partial charge is 0.321 e. The molecule has 1 N–H and O–H groups in total. The van der Waals surface area contributed by atoms with E-state index in [1.165, 1.54) is 0 Å². The molecule has 2 atom stereocenters. The number of hydrogen-bond donors (Lipinski definition) is 1. The van der Waals surface area contributed by atoms with Crippen LogP contribution in [-0.2, 0) is 9.53 Å². The van der Waals surface area contributed by atoms with Crippen LogP contribution in [0.2, 0.25) is 0 Å². The first-order chi connectivity index (χ1) is 7.74. The minimum atomic E-state index is -0.781. The monoisotopic (exact) mass is 242 g/mol. The third-order valence-corrected chi connectivity index (χ3v) is 3.69. The maximum absolute atomic E-state index is 11.1. The Hall–Kier alpha value is -0.980. The van der Waals surface area contributed by atoms with E-state index in [0.717, 1.165) is 11.4 Å². The number of likely N-dealkylation sites (tertiary alicyclic amines) is 1. The molecule has 88 valence electrons. The lowest BCUT2D eigenvalue weighted by molar-refractivity contribution is -0.144. The van der Waals surface area contributed by atoms with Gasteiger partial charge in [-0.1, -0.05) is 0 Å². The van der Waals surface area contributed by atoms with E-state index < -0.39 is 12.0 Å². The fraction of sp³-hybridized carbons (Fsp3) is 0.600. The molecule has 0 bridgehead atoms. The summed E-state index contributed by atoms with van der Waals surface area (Å²) in [6.07, 6.45) is 3.23. The molecule has 0 saturated carbocycles. The van der Waals surface area contributed by atoms with Gasteiger partial charge in [0.05, 0.1) is 12.8 Å². The van der Waals surface area contributed by atoms with Gasteiger partial charge in [-0.3, -0.25) is 9.69 Å². The molecule has 6 heteroatoms. The molecule has 2 unspecified atom stereocenters. The molecule has 1 aliphatic heterocycles. The van der Waals surface area contributed by atoms with Crippen molar-refractivity contribution in [3.05, 3.63) is 16.6 Å². The number of nitrogens with zero attached hydrogens (tertiary/aromatic N) is 2. The predicted molar refractivity (Wildman–Crippen MR) is 59.2 cm³/mol. The van der Waals surface area contributed by atoms with Crippen LogP contribution >= 0.6 is 11.3 Å². The third kappa shape index (κ3) is 2.09. The number of ether oxygens (including phenoxy) is 1. The van der Waals surface area contributed by atoms with Crippen LogP contribution < -0.4 is 0 Å². The van der Waals surface area contributed by atoms with E-state index in [1.807, 2.05) is 10.3 Å². The summed E-state index contributed by atoms with van der Waals surface area (Å²) in [7, 11) is 1.58. The molecule has 0 radical (unpaired) electrons. The second kappa shape index (κ2) is 4.90. The average molecular weight is 242 g/mol. The van der Waals surface area contributed by atoms with Gasteiger partial charge in [0.25, 0.3) is 0 Å². The first kappa shape index (κ1) is 11.5. The Morgan fingerprint density at radius 2 is 2.56 bits per heavy atom. The maximum Gasteiger partial charge on any atom is 0.321 e. The summed E-state index contributed by atoms with van der Waals surface area (Å²) < 4.78 is 5.07. The third-order valence-electron chi connectivity index (χ3n) is 2.81. The van der Waals surface area contributed by atoms with Gasteiger partial charge in [-0.25, -0.2) is 4.98 Å². The van der Waals surface area contributed by atoms with Gasteiger partial charge < -0.3 is 9.84 Å². The Morgan fingerprint density at radius 1 is 1.75 bits per heavy atom. The zero-order valence-electron chi connectivity index (χ0n) is 9.00. The quantitative estimate of drug-likeness (QED) is 0.863. The number of rotatable bonds is 4. The number of methoxy groups -OCH3 is 1. The SMILES string of the molecule is COCN1C(C(=O)O)CCC1c1nccs1. The fourth-order valence-electron chi connectivity index (χ4n) is 2.12. The van der Waals surface area contributed by atoms with Crippen molar-refractivity contribution >= 4 is 17.3 Å². The lowest BCUT2D eigenvalue weighted by Crippen LogP contribution is -2.38. The minimum Gasteiger partial charge on any atom is -0.480 e. The molecule has 2 rings (SSSR count). The van der Waals surface area contributed by atoms with Crippen LogP contribution in [-0.4, -0.2) is 40.8 Å². The number of hydrogen-bond acceptors (Lipinski definition) is 5. The van der Waals surface area contributed by atoms with Crippen LogP contribution in [0.1, 0.15) is 23.9 Å². The van der Waals surface area contributed by atoms with Crippen LogP contribution in [0.3, 0.4) is 0 Å². The Balaban J connectivity index is 2.17. The number of thiazole rings is 1. The van der Waals surface area contributed by atoms with E-state index in [-0.39, 0.29) is 6.04 Å². The van der Waals surface area contributed by atoms with Gasteiger partial charge in [0, 0.05) is 18.7 Å². The van der Waals surface area contributed by atoms with Crippen molar-refractivity contribution in [3.8, 4) is 0 Å². The molecule has 0 aliphatic carbocycles. The van der Waals surface area contributed by atoms with Crippen molar-refractivity contribution in [1.29, 1.82) is 0 Å². The summed E-state index contributed by atoms with van der Waals surface area (Å²) in [6, 6.07) is -0.366. The van der Waals surface area contributed by atoms with Gasteiger partial charge in [-0.2, -0.15) is 0 Å². The van der Waals surface area contributed by atoms with E-state index in [2.05, 4.69) is 4.98 Å². The van der Waals surface area contributed by atoms with E-state index in [4.69, 9.17) is 9.84 Å². The molecule has 1 saturated heterocycles. The molecule has 0 aromatic carbocycles. The summed E-state index contributed by atoms with van der Waals surface area (Å²) >= 11 is 1.56. The molecule has 16 heavy (non-hydrogen) atoms. The Bertz CT molecular complexity index is 355. The summed E-state index contributed by atoms with van der Waals surface area (Å²) in [5.74, 6) is -0.781. The number of carboxylic acids is 1. The molecular weight excluding hydrogens is 228 g/mol. The summed E-state index contributed by atoms with van der Waals surface area (Å²) in [4.78, 5) is 17.2. The molecule has 1 fully saturated rings. The van der Waals surface area contributed by atoms with Crippen LogP contribution in [0.4, 0.5) is 0 Å². The van der Waals surface area contributed by atoms with Crippen LogP contribution in [0.15, 0.2) is 11.6 Å². The summed E-state index contributed by atoms with van der Waals surface area (Å²) in [6.45, 7) is 0.335. The topological polar surface area (TPSA) is 62.7 Å². The van der Waals surface area contributed by atoms with Gasteiger partial charge in [0.15, 0.2) is 0 Å². The highest BCUT2D eigenvalue weighted by Crippen LogP contribution is 2.36. The van der Waals surface area contributed by atoms with E-state index in [9.17, 15) is 4.79 Å². The Morgan fingerprint density at radius 3 is 3.12 bits per heavy atom. The minimum absolute atomic E-state index is 0.0843. The molecule has 1 aromatic rings. The molecule has 0 amide bonds. The normalized spacial score (nSPS) is 26.1. The maximum atomic E-state index is 11.1. The number of carbonyl (C=O) groups is 1. The second-order valence-electron chi connectivity index (χ2n) is 3.75. The Labute approximate surface area is 97.7 Å². The second-order valence-corrected chi connectivity index (χ2v) is 4.68. The van der Waals surface area contributed by atoms with E-state index in [0.29, 0.717) is 13.2 Å². The highest BCUT2D eigenvalue weighted by atomic mass is 32.1. The van der Waals surface area contributed by atoms with Crippen LogP contribution in [0, 0.1) is 0 Å². The number of carboxylic acid groups (broad SMARTS) is 1. The van der Waals surface area contributed by atoms with Crippen molar-refractivity contribution in [2.75, 3.05) is 13.8 Å². The van der Waals surface area contributed by atoms with Crippen molar-refractivity contribution in [3.63, 3.8) is 0 Å². The van der Waals surface area contributed by atoms with Gasteiger partial charge in [0.2, 0.25) is 0 Å². The first-order valence-electron chi connectivity index (χ1n) is 5.11.